The molecule has 0 saturated carbocycles. The maximum absolute atomic E-state index is 11.9. The van der Waals surface area contributed by atoms with Gasteiger partial charge in [-0.1, -0.05) is 29.4 Å². The molecule has 0 bridgehead atoms. The molecule has 2 rings (SSSR count). The lowest BCUT2D eigenvalue weighted by Gasteiger charge is -2.07. The number of rotatable bonds is 8. The van der Waals surface area contributed by atoms with Gasteiger partial charge >= 0.3 is 0 Å². The van der Waals surface area contributed by atoms with E-state index >= 15 is 0 Å². The van der Waals surface area contributed by atoms with Gasteiger partial charge in [-0.25, -0.2) is 13.1 Å². The van der Waals surface area contributed by atoms with Crippen molar-refractivity contribution < 1.29 is 12.9 Å². The predicted octanol–water partition coefficient (Wildman–Crippen LogP) is 0.451. The average molecular weight is 310 g/mol. The first-order valence-electron chi connectivity index (χ1n) is 6.54. The molecule has 0 aliphatic rings. The first-order valence-corrected chi connectivity index (χ1v) is 8.19. The molecule has 0 amide bonds. The molecule has 0 aliphatic heterocycles. The number of aromatic nitrogens is 2. The molecule has 2 aromatic rings. The second kappa shape index (κ2) is 7.30. The fraction of sp³-hybridized carbons (Fsp3) is 0.385. The van der Waals surface area contributed by atoms with Crippen LogP contribution in [0.15, 0.2) is 35.1 Å². The highest BCUT2D eigenvalue weighted by Gasteiger charge is 2.11. The van der Waals surface area contributed by atoms with E-state index in [1.807, 2.05) is 31.3 Å². The van der Waals surface area contributed by atoms with Crippen LogP contribution in [0.5, 0.6) is 0 Å². The van der Waals surface area contributed by atoms with Crippen LogP contribution >= 0.6 is 0 Å². The van der Waals surface area contributed by atoms with Crippen LogP contribution in [0.25, 0.3) is 0 Å². The highest BCUT2D eigenvalue weighted by molar-refractivity contribution is 7.88. The van der Waals surface area contributed by atoms with Crippen molar-refractivity contribution in [1.29, 1.82) is 0 Å². The van der Waals surface area contributed by atoms with Crippen LogP contribution < -0.4 is 10.0 Å². The van der Waals surface area contributed by atoms with Crippen molar-refractivity contribution >= 4 is 10.0 Å². The van der Waals surface area contributed by atoms with E-state index in [4.69, 9.17) is 4.52 Å². The van der Waals surface area contributed by atoms with E-state index in [-0.39, 0.29) is 12.3 Å². The second-order valence-electron chi connectivity index (χ2n) is 4.59. The van der Waals surface area contributed by atoms with Crippen molar-refractivity contribution in [3.63, 3.8) is 0 Å². The zero-order chi connectivity index (χ0) is 15.1. The van der Waals surface area contributed by atoms with Gasteiger partial charge in [-0.05, 0) is 18.2 Å². The van der Waals surface area contributed by atoms with Crippen molar-refractivity contribution in [3.05, 3.63) is 47.6 Å². The van der Waals surface area contributed by atoms with Gasteiger partial charge in [-0.15, -0.1) is 0 Å². The van der Waals surface area contributed by atoms with Crippen LogP contribution in [0.4, 0.5) is 0 Å². The van der Waals surface area contributed by atoms with Crippen LogP contribution in [0.2, 0.25) is 0 Å². The van der Waals surface area contributed by atoms with Crippen molar-refractivity contribution in [3.8, 4) is 0 Å². The first-order chi connectivity index (χ1) is 10.1. The number of nitrogens with zero attached hydrogens (tertiary/aromatic N) is 2. The Hall–Kier alpha value is -1.77. The molecule has 0 aliphatic carbocycles. The highest BCUT2D eigenvalue weighted by Crippen LogP contribution is 2.08. The van der Waals surface area contributed by atoms with Gasteiger partial charge in [0.15, 0.2) is 6.33 Å². The Bertz CT molecular complexity index is 639. The van der Waals surface area contributed by atoms with Crippen LogP contribution in [-0.2, 0) is 28.7 Å². The zero-order valence-electron chi connectivity index (χ0n) is 11.7. The third kappa shape index (κ3) is 5.25. The summed E-state index contributed by atoms with van der Waals surface area (Å²) in [5.74, 6) is 0.366. The number of benzene rings is 1. The molecule has 2 N–H and O–H groups in total. The number of sulfonamides is 1. The molecule has 1 aromatic carbocycles. The summed E-state index contributed by atoms with van der Waals surface area (Å²) in [4.78, 5) is 3.83. The summed E-state index contributed by atoms with van der Waals surface area (Å²) in [5, 5.41) is 6.50. The predicted molar refractivity (Wildman–Crippen MR) is 77.8 cm³/mol. The Morgan fingerprint density at radius 2 is 1.90 bits per heavy atom. The minimum absolute atomic E-state index is 0.0450. The Labute approximate surface area is 123 Å². The summed E-state index contributed by atoms with van der Waals surface area (Å²) >= 11 is 0. The fourth-order valence-electron chi connectivity index (χ4n) is 1.85. The Morgan fingerprint density at radius 3 is 2.52 bits per heavy atom. The molecule has 8 heteroatoms. The van der Waals surface area contributed by atoms with Crippen molar-refractivity contribution in [2.75, 3.05) is 13.6 Å². The lowest BCUT2D eigenvalue weighted by molar-refractivity contribution is 0.377. The van der Waals surface area contributed by atoms with Crippen molar-refractivity contribution in [2.24, 2.45) is 0 Å². The minimum atomic E-state index is -3.37. The van der Waals surface area contributed by atoms with Crippen molar-refractivity contribution in [2.45, 2.75) is 18.7 Å². The molecule has 1 heterocycles. The molecule has 7 nitrogen and oxygen atoms in total. The van der Waals surface area contributed by atoms with Gasteiger partial charge in [-0.2, -0.15) is 4.98 Å². The van der Waals surface area contributed by atoms with E-state index < -0.39 is 10.0 Å². The Balaban J connectivity index is 1.85. The summed E-state index contributed by atoms with van der Waals surface area (Å²) in [6.07, 6.45) is 1.66. The van der Waals surface area contributed by atoms with Gasteiger partial charge in [0.05, 0.1) is 5.75 Å². The van der Waals surface area contributed by atoms with Crippen LogP contribution in [-0.4, -0.2) is 32.2 Å². The van der Waals surface area contributed by atoms with Gasteiger partial charge in [0.25, 0.3) is 0 Å². The maximum Gasteiger partial charge on any atom is 0.227 e. The van der Waals surface area contributed by atoms with E-state index in [0.717, 1.165) is 17.7 Å². The van der Waals surface area contributed by atoms with E-state index in [9.17, 15) is 8.42 Å². The molecule has 114 valence electrons. The van der Waals surface area contributed by atoms with Crippen LogP contribution in [0.3, 0.4) is 0 Å². The highest BCUT2D eigenvalue weighted by atomic mass is 32.2. The van der Waals surface area contributed by atoms with E-state index in [0.29, 0.717) is 12.3 Å². The Kier molecular flexibility index (Phi) is 5.43. The summed E-state index contributed by atoms with van der Waals surface area (Å²) in [7, 11) is -1.50. The lowest BCUT2D eigenvalue weighted by Crippen LogP contribution is -2.27. The molecule has 0 saturated heterocycles. The second-order valence-corrected chi connectivity index (χ2v) is 6.39. The summed E-state index contributed by atoms with van der Waals surface area (Å²) < 4.78 is 31.2. The van der Waals surface area contributed by atoms with Crippen molar-refractivity contribution in [1.82, 2.24) is 20.2 Å². The van der Waals surface area contributed by atoms with Gasteiger partial charge in [0, 0.05) is 19.5 Å². The molecule has 0 unspecified atom stereocenters. The molecule has 21 heavy (non-hydrogen) atoms. The number of nitrogens with one attached hydrogen (secondary N) is 2. The average Bonchev–Trinajstić information content (AvgIpc) is 2.94. The normalized spacial score (nSPS) is 11.7. The Morgan fingerprint density at radius 1 is 1.19 bits per heavy atom. The largest absolute Gasteiger partial charge is 0.340 e. The molecule has 1 aromatic heterocycles. The SMILES string of the molecule is CNCc1ccc(CS(=O)(=O)NCCc2ncno2)cc1. The van der Waals surface area contributed by atoms with Gasteiger partial charge < -0.3 is 9.84 Å². The fourth-order valence-corrected chi connectivity index (χ4v) is 2.99. The van der Waals surface area contributed by atoms with Crippen LogP contribution in [0, 0.1) is 0 Å². The molecule has 0 radical (unpaired) electrons. The maximum atomic E-state index is 11.9. The third-order valence-corrected chi connectivity index (χ3v) is 4.19. The standard InChI is InChI=1S/C13H18N4O3S/c1-14-8-11-2-4-12(5-3-11)9-21(18,19)17-7-6-13-15-10-16-20-13/h2-5,10,14,17H,6-9H2,1H3. The van der Waals surface area contributed by atoms with E-state index in [1.165, 1.54) is 6.33 Å². The molecular formula is C13H18N4O3S. The minimum Gasteiger partial charge on any atom is -0.340 e. The van der Waals surface area contributed by atoms with Gasteiger partial charge in [0.2, 0.25) is 15.9 Å². The molecule has 0 spiro atoms. The smallest absolute Gasteiger partial charge is 0.227 e. The topological polar surface area (TPSA) is 97.1 Å². The molecule has 0 atom stereocenters. The van der Waals surface area contributed by atoms with Crippen LogP contribution in [0.1, 0.15) is 17.0 Å². The number of hydrogen-bond donors (Lipinski definition) is 2. The summed E-state index contributed by atoms with van der Waals surface area (Å²) in [6, 6.07) is 7.48. The monoisotopic (exact) mass is 310 g/mol. The summed E-state index contributed by atoms with van der Waals surface area (Å²) in [6.45, 7) is 0.998. The van der Waals surface area contributed by atoms with E-state index in [1.54, 1.807) is 0 Å². The first kappa shape index (κ1) is 15.6. The van der Waals surface area contributed by atoms with Gasteiger partial charge in [-0.3, -0.25) is 0 Å². The molecule has 0 fully saturated rings. The summed E-state index contributed by atoms with van der Waals surface area (Å²) in [5.41, 5.74) is 1.86. The van der Waals surface area contributed by atoms with Gasteiger partial charge in [0.1, 0.15) is 0 Å². The lowest BCUT2D eigenvalue weighted by atomic mass is 10.1. The zero-order valence-corrected chi connectivity index (χ0v) is 12.6. The number of hydrogen-bond acceptors (Lipinski definition) is 6. The third-order valence-electron chi connectivity index (χ3n) is 2.83. The van der Waals surface area contributed by atoms with E-state index in [2.05, 4.69) is 20.2 Å². The quantitative estimate of drug-likeness (QED) is 0.735. The molecular weight excluding hydrogens is 292 g/mol.